The summed E-state index contributed by atoms with van der Waals surface area (Å²) in [6, 6.07) is 2.50. The zero-order valence-corrected chi connectivity index (χ0v) is 11.1. The first kappa shape index (κ1) is 14.5. The van der Waals surface area contributed by atoms with Crippen LogP contribution in [0.15, 0.2) is 18.2 Å². The molecule has 1 amide bonds. The van der Waals surface area contributed by atoms with Crippen molar-refractivity contribution in [2.75, 3.05) is 16.9 Å². The van der Waals surface area contributed by atoms with Gasteiger partial charge in [-0.3, -0.25) is 10.1 Å². The van der Waals surface area contributed by atoms with Crippen LogP contribution in [0, 0.1) is 0 Å². The van der Waals surface area contributed by atoms with Crippen LogP contribution < -0.4 is 10.6 Å². The van der Waals surface area contributed by atoms with E-state index in [2.05, 4.69) is 10.6 Å². The predicted octanol–water partition coefficient (Wildman–Crippen LogP) is 2.96. The fraction of sp³-hybridized carbons (Fsp3) is 0.364. The van der Waals surface area contributed by atoms with E-state index >= 15 is 0 Å². The highest BCUT2D eigenvalue weighted by atomic mass is 35.5. The van der Waals surface area contributed by atoms with E-state index in [4.69, 9.17) is 11.6 Å². The Balaban J connectivity index is 2.11. The first-order valence-electron chi connectivity index (χ1n) is 5.36. The average molecular weight is 311 g/mol. The van der Waals surface area contributed by atoms with Gasteiger partial charge < -0.3 is 5.32 Å². The van der Waals surface area contributed by atoms with Crippen LogP contribution >= 0.6 is 23.4 Å². The van der Waals surface area contributed by atoms with Crippen LogP contribution in [0.3, 0.4) is 0 Å². The molecule has 1 aromatic rings. The molecule has 3 nitrogen and oxygen atoms in total. The Morgan fingerprint density at radius 3 is 2.74 bits per heavy atom. The summed E-state index contributed by atoms with van der Waals surface area (Å²) in [5, 5.41) is 5.35. The molecule has 0 radical (unpaired) electrons. The summed E-state index contributed by atoms with van der Waals surface area (Å²) >= 11 is 7.32. The molecule has 2 N–H and O–H groups in total. The van der Waals surface area contributed by atoms with Gasteiger partial charge in [0, 0.05) is 11.6 Å². The second kappa shape index (κ2) is 5.60. The maximum atomic E-state index is 12.4. The Kier molecular flexibility index (Phi) is 4.27. The van der Waals surface area contributed by atoms with E-state index < -0.39 is 11.7 Å². The van der Waals surface area contributed by atoms with Gasteiger partial charge in [0.1, 0.15) is 0 Å². The molecule has 0 aliphatic carbocycles. The van der Waals surface area contributed by atoms with Gasteiger partial charge in [-0.2, -0.15) is 13.2 Å². The van der Waals surface area contributed by atoms with Crippen molar-refractivity contribution >= 4 is 35.0 Å². The average Bonchev–Trinajstić information content (AvgIpc) is 2.84. The van der Waals surface area contributed by atoms with Crippen LogP contribution in [0.5, 0.6) is 0 Å². The largest absolute Gasteiger partial charge is 0.416 e. The molecule has 0 aromatic heterocycles. The molecule has 1 heterocycles. The van der Waals surface area contributed by atoms with Gasteiger partial charge >= 0.3 is 6.18 Å². The van der Waals surface area contributed by atoms with Crippen molar-refractivity contribution < 1.29 is 18.0 Å². The molecule has 8 heteroatoms. The first-order valence-corrected chi connectivity index (χ1v) is 6.90. The molecule has 19 heavy (non-hydrogen) atoms. The molecule has 1 aliphatic heterocycles. The van der Waals surface area contributed by atoms with E-state index in [-0.39, 0.29) is 22.7 Å². The van der Waals surface area contributed by atoms with Crippen molar-refractivity contribution in [2.45, 2.75) is 12.2 Å². The Hall–Kier alpha value is -0.920. The van der Waals surface area contributed by atoms with Crippen molar-refractivity contribution in [1.29, 1.82) is 0 Å². The maximum Gasteiger partial charge on any atom is 0.416 e. The highest BCUT2D eigenvalue weighted by Gasteiger charge is 2.31. The van der Waals surface area contributed by atoms with Crippen LogP contribution in [0.4, 0.5) is 18.9 Å². The summed E-state index contributed by atoms with van der Waals surface area (Å²) < 4.78 is 37.3. The fourth-order valence-corrected chi connectivity index (χ4v) is 2.75. The molecule has 1 aromatic carbocycles. The summed E-state index contributed by atoms with van der Waals surface area (Å²) in [6.07, 6.45) is -4.45. The van der Waals surface area contributed by atoms with Crippen molar-refractivity contribution in [2.24, 2.45) is 0 Å². The minimum absolute atomic E-state index is 0.131. The molecular weight excluding hydrogens is 301 g/mol. The Bertz CT molecular complexity index is 489. The van der Waals surface area contributed by atoms with E-state index in [1.54, 1.807) is 11.8 Å². The maximum absolute atomic E-state index is 12.4. The lowest BCUT2D eigenvalue weighted by Gasteiger charge is -2.13. The number of anilines is 1. The highest BCUT2D eigenvalue weighted by Crippen LogP contribution is 2.33. The number of carbonyl (C=O) groups is 1. The van der Waals surface area contributed by atoms with E-state index in [9.17, 15) is 18.0 Å². The van der Waals surface area contributed by atoms with Gasteiger partial charge in [-0.05, 0) is 18.2 Å². The number of hydrogen-bond acceptors (Lipinski definition) is 3. The van der Waals surface area contributed by atoms with Crippen molar-refractivity contribution in [3.8, 4) is 0 Å². The summed E-state index contributed by atoms with van der Waals surface area (Å²) in [5.41, 5.74) is -0.664. The lowest BCUT2D eigenvalue weighted by molar-refractivity contribution is -0.137. The Morgan fingerprint density at radius 2 is 2.21 bits per heavy atom. The SMILES string of the molecule is O=C(Nc1ccc(C(F)(F)F)cc1Cl)C1CSCN1. The van der Waals surface area contributed by atoms with Crippen LogP contribution in [-0.2, 0) is 11.0 Å². The summed E-state index contributed by atoms with van der Waals surface area (Å²) in [5.74, 6) is 1.01. The molecule has 1 aliphatic rings. The number of alkyl halides is 3. The van der Waals surface area contributed by atoms with Crippen LogP contribution in [-0.4, -0.2) is 23.6 Å². The number of nitrogens with one attached hydrogen (secondary N) is 2. The van der Waals surface area contributed by atoms with Crippen molar-refractivity contribution in [1.82, 2.24) is 5.32 Å². The predicted molar refractivity (Wildman–Crippen MR) is 69.3 cm³/mol. The lowest BCUT2D eigenvalue weighted by Crippen LogP contribution is -2.37. The van der Waals surface area contributed by atoms with Crippen LogP contribution in [0.2, 0.25) is 5.02 Å². The minimum atomic E-state index is -4.45. The summed E-state index contributed by atoms with van der Waals surface area (Å²) in [6.45, 7) is 0. The van der Waals surface area contributed by atoms with E-state index in [0.29, 0.717) is 11.6 Å². The van der Waals surface area contributed by atoms with E-state index in [1.165, 1.54) is 0 Å². The smallest absolute Gasteiger partial charge is 0.323 e. The number of rotatable bonds is 2. The number of hydrogen-bond donors (Lipinski definition) is 2. The quantitative estimate of drug-likeness (QED) is 0.882. The van der Waals surface area contributed by atoms with E-state index in [1.807, 2.05) is 0 Å². The third-order valence-corrected chi connectivity index (χ3v) is 3.84. The van der Waals surface area contributed by atoms with Crippen molar-refractivity contribution in [3.05, 3.63) is 28.8 Å². The zero-order valence-electron chi connectivity index (χ0n) is 9.55. The van der Waals surface area contributed by atoms with Gasteiger partial charge in [0.15, 0.2) is 0 Å². The molecule has 0 spiro atoms. The summed E-state index contributed by atoms with van der Waals surface area (Å²) in [4.78, 5) is 11.8. The first-order chi connectivity index (χ1) is 8.88. The topological polar surface area (TPSA) is 41.1 Å². The second-order valence-electron chi connectivity index (χ2n) is 3.95. The number of benzene rings is 1. The van der Waals surface area contributed by atoms with Crippen molar-refractivity contribution in [3.63, 3.8) is 0 Å². The molecule has 104 valence electrons. The molecule has 1 saturated heterocycles. The minimum Gasteiger partial charge on any atom is -0.323 e. The number of halogens is 4. The Labute approximate surface area is 116 Å². The molecule has 0 saturated carbocycles. The van der Waals surface area contributed by atoms with Crippen LogP contribution in [0.1, 0.15) is 5.56 Å². The van der Waals surface area contributed by atoms with Gasteiger partial charge in [0.2, 0.25) is 5.91 Å². The molecule has 1 unspecified atom stereocenters. The number of carbonyl (C=O) groups excluding carboxylic acids is 1. The lowest BCUT2D eigenvalue weighted by atomic mass is 10.2. The van der Waals surface area contributed by atoms with Crippen LogP contribution in [0.25, 0.3) is 0 Å². The zero-order chi connectivity index (χ0) is 14.0. The third kappa shape index (κ3) is 3.55. The van der Waals surface area contributed by atoms with Gasteiger partial charge in [0.05, 0.1) is 22.3 Å². The van der Waals surface area contributed by atoms with Gasteiger partial charge in [-0.1, -0.05) is 11.6 Å². The summed E-state index contributed by atoms with van der Waals surface area (Å²) in [7, 11) is 0. The standard InChI is InChI=1S/C11H10ClF3N2OS/c12-7-3-6(11(13,14)15)1-2-8(7)17-10(18)9-4-19-5-16-9/h1-3,9,16H,4-5H2,(H,17,18). The van der Waals surface area contributed by atoms with E-state index in [0.717, 1.165) is 18.2 Å². The van der Waals surface area contributed by atoms with Gasteiger partial charge in [-0.25, -0.2) is 0 Å². The molecule has 2 rings (SSSR count). The number of thioether (sulfide) groups is 1. The fourth-order valence-electron chi connectivity index (χ4n) is 1.58. The van der Waals surface area contributed by atoms with Gasteiger partial charge in [-0.15, -0.1) is 11.8 Å². The monoisotopic (exact) mass is 310 g/mol. The molecule has 1 fully saturated rings. The normalized spacial score (nSPS) is 19.5. The molecule has 0 bridgehead atoms. The highest BCUT2D eigenvalue weighted by molar-refractivity contribution is 7.99. The third-order valence-electron chi connectivity index (χ3n) is 2.59. The second-order valence-corrected chi connectivity index (χ2v) is 5.39. The molecular formula is C11H10ClF3N2OS. The molecule has 1 atom stereocenters. The van der Waals surface area contributed by atoms with Gasteiger partial charge in [0.25, 0.3) is 0 Å². The number of amides is 1. The Morgan fingerprint density at radius 1 is 1.47 bits per heavy atom.